The van der Waals surface area contributed by atoms with Gasteiger partial charge in [0.1, 0.15) is 0 Å². The molecular formula is C16H22ClN3O3. The number of carbonyl (C=O) groups excluding carboxylic acids is 1. The van der Waals surface area contributed by atoms with Gasteiger partial charge in [0.15, 0.2) is 5.58 Å². The summed E-state index contributed by atoms with van der Waals surface area (Å²) < 4.78 is 6.50. The summed E-state index contributed by atoms with van der Waals surface area (Å²) in [7, 11) is 1.65. The highest BCUT2D eigenvalue weighted by atomic mass is 35.5. The Balaban J connectivity index is 0.00000192. The van der Waals surface area contributed by atoms with Crippen molar-refractivity contribution in [3.8, 4) is 0 Å². The first-order valence-electron chi connectivity index (χ1n) is 7.73. The molecular weight excluding hydrogens is 318 g/mol. The molecule has 1 fully saturated rings. The highest BCUT2D eigenvalue weighted by Gasteiger charge is 2.15. The second kappa shape index (κ2) is 7.66. The number of nitrogens with one attached hydrogen (secondary N) is 2. The standard InChI is InChI=1S/C16H21N3O3.ClH/c1-19-13-10-12(3-4-14(13)22-16(19)21)18-15(20)5-2-11-6-8-17-9-7-11;/h3-4,10-11,17H,2,5-9H2,1H3,(H,18,20);1H. The van der Waals surface area contributed by atoms with Crippen LogP contribution in [0.5, 0.6) is 0 Å². The largest absolute Gasteiger partial charge is 0.419 e. The fourth-order valence-electron chi connectivity index (χ4n) is 2.93. The van der Waals surface area contributed by atoms with Crippen molar-refractivity contribution in [2.45, 2.75) is 25.7 Å². The summed E-state index contributed by atoms with van der Waals surface area (Å²) in [6.07, 6.45) is 3.76. The van der Waals surface area contributed by atoms with Crippen molar-refractivity contribution in [3.63, 3.8) is 0 Å². The van der Waals surface area contributed by atoms with Gasteiger partial charge in [-0.1, -0.05) is 0 Å². The van der Waals surface area contributed by atoms with Crippen LogP contribution in [0.2, 0.25) is 0 Å². The third-order valence-corrected chi connectivity index (χ3v) is 4.31. The number of nitrogens with zero attached hydrogens (tertiary/aromatic N) is 1. The number of hydrogen-bond donors (Lipinski definition) is 2. The maximum atomic E-state index is 12.1. The van der Waals surface area contributed by atoms with Gasteiger partial charge in [0.25, 0.3) is 0 Å². The second-order valence-corrected chi connectivity index (χ2v) is 5.89. The molecule has 0 atom stereocenters. The number of aromatic nitrogens is 1. The van der Waals surface area contributed by atoms with Crippen LogP contribution in [0, 0.1) is 5.92 Å². The molecule has 6 nitrogen and oxygen atoms in total. The lowest BCUT2D eigenvalue weighted by atomic mass is 9.93. The third-order valence-electron chi connectivity index (χ3n) is 4.31. The van der Waals surface area contributed by atoms with Gasteiger partial charge in [-0.25, -0.2) is 4.79 Å². The van der Waals surface area contributed by atoms with Gasteiger partial charge < -0.3 is 15.1 Å². The number of piperidine rings is 1. The number of fused-ring (bicyclic) bond motifs is 1. The van der Waals surface area contributed by atoms with Crippen LogP contribution in [0.4, 0.5) is 5.69 Å². The molecule has 0 radical (unpaired) electrons. The molecule has 2 heterocycles. The molecule has 0 unspecified atom stereocenters. The highest BCUT2D eigenvalue weighted by Crippen LogP contribution is 2.20. The number of rotatable bonds is 4. The van der Waals surface area contributed by atoms with Crippen LogP contribution < -0.4 is 16.4 Å². The zero-order chi connectivity index (χ0) is 15.5. The first-order chi connectivity index (χ1) is 10.6. The number of oxazole rings is 1. The normalized spacial score (nSPS) is 15.3. The maximum Gasteiger partial charge on any atom is 0.419 e. The molecule has 0 saturated carbocycles. The molecule has 3 rings (SSSR count). The summed E-state index contributed by atoms with van der Waals surface area (Å²) in [6, 6.07) is 5.23. The number of hydrogen-bond acceptors (Lipinski definition) is 4. The molecule has 1 aromatic heterocycles. The lowest BCUT2D eigenvalue weighted by Gasteiger charge is -2.22. The average Bonchev–Trinajstić information content (AvgIpc) is 2.81. The summed E-state index contributed by atoms with van der Waals surface area (Å²) in [4.78, 5) is 23.5. The molecule has 0 spiro atoms. The predicted molar refractivity (Wildman–Crippen MR) is 92.2 cm³/mol. The van der Waals surface area contributed by atoms with Gasteiger partial charge in [0.05, 0.1) is 5.52 Å². The number of aryl methyl sites for hydroxylation is 1. The van der Waals surface area contributed by atoms with E-state index in [0.29, 0.717) is 29.1 Å². The Morgan fingerprint density at radius 1 is 1.39 bits per heavy atom. The van der Waals surface area contributed by atoms with Crippen molar-refractivity contribution in [3.05, 3.63) is 28.7 Å². The van der Waals surface area contributed by atoms with Crippen molar-refractivity contribution in [1.29, 1.82) is 0 Å². The molecule has 1 aromatic carbocycles. The Kier molecular flexibility index (Phi) is 5.85. The lowest BCUT2D eigenvalue weighted by Crippen LogP contribution is -2.28. The van der Waals surface area contributed by atoms with Gasteiger partial charge in [-0.05, 0) is 56.5 Å². The Bertz CT molecular complexity index is 732. The number of anilines is 1. The van der Waals surface area contributed by atoms with Gasteiger partial charge in [-0.3, -0.25) is 9.36 Å². The van der Waals surface area contributed by atoms with Gasteiger partial charge in [0, 0.05) is 19.2 Å². The number of amides is 1. The Labute approximate surface area is 140 Å². The Morgan fingerprint density at radius 3 is 2.87 bits per heavy atom. The molecule has 7 heteroatoms. The average molecular weight is 340 g/mol. The van der Waals surface area contributed by atoms with E-state index < -0.39 is 5.76 Å². The van der Waals surface area contributed by atoms with Gasteiger partial charge in [-0.15, -0.1) is 12.4 Å². The van der Waals surface area contributed by atoms with Crippen molar-refractivity contribution < 1.29 is 9.21 Å². The van der Waals surface area contributed by atoms with E-state index in [1.165, 1.54) is 4.57 Å². The van der Waals surface area contributed by atoms with Crippen LogP contribution >= 0.6 is 12.4 Å². The summed E-state index contributed by atoms with van der Waals surface area (Å²) in [6.45, 7) is 2.11. The summed E-state index contributed by atoms with van der Waals surface area (Å²) >= 11 is 0. The highest BCUT2D eigenvalue weighted by molar-refractivity contribution is 5.92. The van der Waals surface area contributed by atoms with E-state index in [0.717, 1.165) is 32.4 Å². The summed E-state index contributed by atoms with van der Waals surface area (Å²) in [5.74, 6) is 0.264. The van der Waals surface area contributed by atoms with Crippen LogP contribution in [-0.4, -0.2) is 23.6 Å². The fraction of sp³-hybridized carbons (Fsp3) is 0.500. The van der Waals surface area contributed by atoms with Crippen molar-refractivity contribution in [2.75, 3.05) is 18.4 Å². The van der Waals surface area contributed by atoms with Crippen LogP contribution in [0.25, 0.3) is 11.1 Å². The molecule has 126 valence electrons. The zero-order valence-corrected chi connectivity index (χ0v) is 13.9. The lowest BCUT2D eigenvalue weighted by molar-refractivity contribution is -0.116. The smallest absolute Gasteiger partial charge is 0.408 e. The zero-order valence-electron chi connectivity index (χ0n) is 13.1. The minimum Gasteiger partial charge on any atom is -0.408 e. The summed E-state index contributed by atoms with van der Waals surface area (Å²) in [5.41, 5.74) is 1.90. The van der Waals surface area contributed by atoms with E-state index in [1.807, 2.05) is 0 Å². The number of halogens is 1. The SMILES string of the molecule is Cl.Cn1c(=O)oc2ccc(NC(=O)CCC3CCNCC3)cc21. The minimum absolute atomic E-state index is 0. The Morgan fingerprint density at radius 2 is 2.13 bits per heavy atom. The quantitative estimate of drug-likeness (QED) is 0.896. The van der Waals surface area contributed by atoms with Crippen LogP contribution in [0.15, 0.2) is 27.4 Å². The van der Waals surface area contributed by atoms with E-state index in [4.69, 9.17) is 4.42 Å². The molecule has 0 aliphatic carbocycles. The monoisotopic (exact) mass is 339 g/mol. The molecule has 1 aliphatic rings. The molecule has 23 heavy (non-hydrogen) atoms. The van der Waals surface area contributed by atoms with Crippen LogP contribution in [0.1, 0.15) is 25.7 Å². The molecule has 1 saturated heterocycles. The maximum absolute atomic E-state index is 12.1. The molecule has 2 aromatic rings. The second-order valence-electron chi connectivity index (χ2n) is 5.89. The van der Waals surface area contributed by atoms with Crippen LogP contribution in [0.3, 0.4) is 0 Å². The van der Waals surface area contributed by atoms with Crippen molar-refractivity contribution >= 4 is 35.1 Å². The molecule has 1 amide bonds. The summed E-state index contributed by atoms with van der Waals surface area (Å²) in [5, 5.41) is 6.23. The first kappa shape index (κ1) is 17.6. The molecule has 0 bridgehead atoms. The van der Waals surface area contributed by atoms with E-state index in [9.17, 15) is 9.59 Å². The number of carbonyl (C=O) groups is 1. The third kappa shape index (κ3) is 4.14. The number of benzene rings is 1. The Hall–Kier alpha value is -1.79. The fourth-order valence-corrected chi connectivity index (χ4v) is 2.93. The van der Waals surface area contributed by atoms with Gasteiger partial charge >= 0.3 is 5.76 Å². The molecule has 1 aliphatic heterocycles. The van der Waals surface area contributed by atoms with E-state index in [-0.39, 0.29) is 18.3 Å². The van der Waals surface area contributed by atoms with Gasteiger partial charge in [0.2, 0.25) is 5.91 Å². The van der Waals surface area contributed by atoms with Crippen molar-refractivity contribution in [1.82, 2.24) is 9.88 Å². The van der Waals surface area contributed by atoms with Crippen molar-refractivity contribution in [2.24, 2.45) is 13.0 Å². The topological polar surface area (TPSA) is 76.3 Å². The molecule has 2 N–H and O–H groups in total. The van der Waals surface area contributed by atoms with Crippen LogP contribution in [-0.2, 0) is 11.8 Å². The first-order valence-corrected chi connectivity index (χ1v) is 7.73. The van der Waals surface area contributed by atoms with Gasteiger partial charge in [-0.2, -0.15) is 0 Å². The predicted octanol–water partition coefficient (Wildman–Crippen LogP) is 2.27. The van der Waals surface area contributed by atoms with E-state index in [2.05, 4.69) is 10.6 Å². The van der Waals surface area contributed by atoms with E-state index >= 15 is 0 Å². The minimum atomic E-state index is -0.399. The van der Waals surface area contributed by atoms with E-state index in [1.54, 1.807) is 25.2 Å².